The molecule has 3 nitrogen and oxygen atoms in total. The number of rotatable bonds is 2. The minimum atomic E-state index is -0.331. The Morgan fingerprint density at radius 3 is 2.15 bits per heavy atom. The van der Waals surface area contributed by atoms with Crippen LogP contribution in [0, 0.1) is 24.0 Å². The molecule has 0 atom stereocenters. The number of hydrogen-bond acceptors (Lipinski definition) is 2. The number of hydrogen-bond donors (Lipinski definition) is 0. The fourth-order valence-electron chi connectivity index (χ4n) is 1.41. The van der Waals surface area contributed by atoms with E-state index in [-0.39, 0.29) is 10.6 Å². The molecular weight excluding hydrogens is 234 g/mol. The first-order valence-corrected chi connectivity index (χ1v) is 4.99. The summed E-state index contributed by atoms with van der Waals surface area (Å²) in [7, 11) is 0. The van der Waals surface area contributed by atoms with Crippen LogP contribution >= 0.6 is 15.9 Å². The van der Waals surface area contributed by atoms with Gasteiger partial charge in [-0.3, -0.25) is 10.1 Å². The van der Waals surface area contributed by atoms with Crippen molar-refractivity contribution in [2.24, 2.45) is 0 Å². The van der Waals surface area contributed by atoms with Crippen molar-refractivity contribution in [2.45, 2.75) is 19.2 Å². The molecule has 0 radical (unpaired) electrons. The van der Waals surface area contributed by atoms with Crippen LogP contribution in [-0.2, 0) is 5.33 Å². The van der Waals surface area contributed by atoms with Gasteiger partial charge in [-0.25, -0.2) is 0 Å². The van der Waals surface area contributed by atoms with Crippen LogP contribution in [0.15, 0.2) is 12.1 Å². The Balaban J connectivity index is 3.31. The van der Waals surface area contributed by atoms with Crippen LogP contribution in [0.1, 0.15) is 16.7 Å². The van der Waals surface area contributed by atoms with Gasteiger partial charge in [-0.1, -0.05) is 15.9 Å². The van der Waals surface area contributed by atoms with Gasteiger partial charge >= 0.3 is 0 Å². The highest BCUT2D eigenvalue weighted by molar-refractivity contribution is 9.08. The monoisotopic (exact) mass is 243 g/mol. The summed E-state index contributed by atoms with van der Waals surface area (Å²) in [6.45, 7) is 3.52. The molecule has 4 heteroatoms. The van der Waals surface area contributed by atoms with Crippen molar-refractivity contribution in [3.8, 4) is 0 Å². The molecule has 0 aromatic heterocycles. The van der Waals surface area contributed by atoms with E-state index in [1.54, 1.807) is 13.8 Å². The molecule has 0 bridgehead atoms. The lowest BCUT2D eigenvalue weighted by Gasteiger charge is -2.03. The average Bonchev–Trinajstić information content (AvgIpc) is 2.02. The third-order valence-electron chi connectivity index (χ3n) is 1.89. The fourth-order valence-corrected chi connectivity index (χ4v) is 1.73. The van der Waals surface area contributed by atoms with Crippen LogP contribution in [0.25, 0.3) is 0 Å². The van der Waals surface area contributed by atoms with Crippen LogP contribution < -0.4 is 0 Å². The number of alkyl halides is 1. The van der Waals surface area contributed by atoms with Gasteiger partial charge in [0.2, 0.25) is 0 Å². The molecule has 0 unspecified atom stereocenters. The van der Waals surface area contributed by atoms with Crippen molar-refractivity contribution in [3.05, 3.63) is 38.9 Å². The largest absolute Gasteiger partial charge is 0.275 e. The number of aryl methyl sites for hydroxylation is 2. The summed E-state index contributed by atoms with van der Waals surface area (Å²) in [6, 6.07) is 3.67. The second kappa shape index (κ2) is 3.87. The summed E-state index contributed by atoms with van der Waals surface area (Å²) in [5.74, 6) is 0. The zero-order valence-electron chi connectivity index (χ0n) is 7.50. The number of halogens is 1. The van der Waals surface area contributed by atoms with Crippen molar-refractivity contribution in [1.82, 2.24) is 0 Å². The van der Waals surface area contributed by atoms with Crippen LogP contribution in [0.4, 0.5) is 5.69 Å². The highest BCUT2D eigenvalue weighted by Crippen LogP contribution is 2.25. The van der Waals surface area contributed by atoms with E-state index >= 15 is 0 Å². The second-order valence-electron chi connectivity index (χ2n) is 2.97. The van der Waals surface area contributed by atoms with Crippen molar-refractivity contribution >= 4 is 21.6 Å². The van der Waals surface area contributed by atoms with Gasteiger partial charge in [0.05, 0.1) is 4.92 Å². The Hall–Kier alpha value is -0.900. The average molecular weight is 244 g/mol. The zero-order chi connectivity index (χ0) is 10.0. The maximum atomic E-state index is 10.6. The molecular formula is C9H10BrNO2. The summed E-state index contributed by atoms with van der Waals surface area (Å²) in [5.41, 5.74) is 2.74. The zero-order valence-corrected chi connectivity index (χ0v) is 9.09. The van der Waals surface area contributed by atoms with Gasteiger partial charge in [-0.05, 0) is 31.5 Å². The molecule has 0 saturated carbocycles. The summed E-state index contributed by atoms with van der Waals surface area (Å²) >= 11 is 3.32. The Morgan fingerprint density at radius 1 is 1.38 bits per heavy atom. The SMILES string of the molecule is Cc1cc(CBr)cc(C)c1[N+](=O)[O-]. The lowest BCUT2D eigenvalue weighted by molar-refractivity contribution is -0.386. The fraction of sp³-hybridized carbons (Fsp3) is 0.333. The molecule has 0 aliphatic heterocycles. The predicted octanol–water partition coefficient (Wildman–Crippen LogP) is 3.11. The number of benzene rings is 1. The van der Waals surface area contributed by atoms with Crippen molar-refractivity contribution < 1.29 is 4.92 Å². The summed E-state index contributed by atoms with van der Waals surface area (Å²) in [6.07, 6.45) is 0. The maximum Gasteiger partial charge on any atom is 0.275 e. The number of nitrogens with zero attached hydrogens (tertiary/aromatic N) is 1. The molecule has 13 heavy (non-hydrogen) atoms. The minimum Gasteiger partial charge on any atom is -0.258 e. The Bertz CT molecular complexity index is 326. The molecule has 1 aromatic carbocycles. The lowest BCUT2D eigenvalue weighted by atomic mass is 10.1. The van der Waals surface area contributed by atoms with Crippen LogP contribution in [-0.4, -0.2) is 4.92 Å². The van der Waals surface area contributed by atoms with E-state index in [4.69, 9.17) is 0 Å². The molecule has 1 aromatic rings. The molecule has 0 N–H and O–H groups in total. The van der Waals surface area contributed by atoms with Gasteiger partial charge in [0, 0.05) is 16.5 Å². The van der Waals surface area contributed by atoms with E-state index in [0.717, 1.165) is 22.0 Å². The molecule has 0 spiro atoms. The van der Waals surface area contributed by atoms with Gasteiger partial charge in [0.25, 0.3) is 5.69 Å². The molecule has 0 saturated heterocycles. The van der Waals surface area contributed by atoms with E-state index in [1.165, 1.54) is 0 Å². The van der Waals surface area contributed by atoms with Gasteiger partial charge < -0.3 is 0 Å². The third-order valence-corrected chi connectivity index (χ3v) is 2.54. The Labute approximate surface area is 85.0 Å². The highest BCUT2D eigenvalue weighted by Gasteiger charge is 2.14. The first kappa shape index (κ1) is 10.2. The molecule has 1 rings (SSSR count). The van der Waals surface area contributed by atoms with Gasteiger partial charge in [0.15, 0.2) is 0 Å². The van der Waals surface area contributed by atoms with Crippen molar-refractivity contribution in [1.29, 1.82) is 0 Å². The van der Waals surface area contributed by atoms with E-state index in [1.807, 2.05) is 12.1 Å². The van der Waals surface area contributed by atoms with Crippen LogP contribution in [0.5, 0.6) is 0 Å². The third kappa shape index (κ3) is 2.06. The lowest BCUT2D eigenvalue weighted by Crippen LogP contribution is -1.96. The molecule has 70 valence electrons. The molecule has 0 aliphatic rings. The highest BCUT2D eigenvalue weighted by atomic mass is 79.9. The predicted molar refractivity (Wildman–Crippen MR) is 55.2 cm³/mol. The normalized spacial score (nSPS) is 10.1. The maximum absolute atomic E-state index is 10.6. The topological polar surface area (TPSA) is 43.1 Å². The first-order chi connectivity index (χ1) is 6.06. The van der Waals surface area contributed by atoms with Gasteiger partial charge in [-0.15, -0.1) is 0 Å². The minimum absolute atomic E-state index is 0.227. The molecule has 0 amide bonds. The second-order valence-corrected chi connectivity index (χ2v) is 3.53. The van der Waals surface area contributed by atoms with Gasteiger partial charge in [-0.2, -0.15) is 0 Å². The standard InChI is InChI=1S/C9H10BrNO2/c1-6-3-8(5-10)4-7(2)9(6)11(12)13/h3-4H,5H2,1-2H3. The summed E-state index contributed by atoms with van der Waals surface area (Å²) < 4.78 is 0. The number of nitro benzene ring substituents is 1. The van der Waals surface area contributed by atoms with E-state index < -0.39 is 0 Å². The van der Waals surface area contributed by atoms with Gasteiger partial charge in [0.1, 0.15) is 0 Å². The summed E-state index contributed by atoms with van der Waals surface area (Å²) in [4.78, 5) is 10.3. The number of nitro groups is 1. The van der Waals surface area contributed by atoms with E-state index in [9.17, 15) is 10.1 Å². The Kier molecular flexibility index (Phi) is 3.03. The Morgan fingerprint density at radius 2 is 1.85 bits per heavy atom. The van der Waals surface area contributed by atoms with Crippen LogP contribution in [0.2, 0.25) is 0 Å². The van der Waals surface area contributed by atoms with Crippen LogP contribution in [0.3, 0.4) is 0 Å². The van der Waals surface area contributed by atoms with Crippen molar-refractivity contribution in [3.63, 3.8) is 0 Å². The molecule has 0 fully saturated rings. The summed E-state index contributed by atoms with van der Waals surface area (Å²) in [5, 5.41) is 11.4. The van der Waals surface area contributed by atoms with E-state index in [0.29, 0.717) is 0 Å². The molecule has 0 heterocycles. The first-order valence-electron chi connectivity index (χ1n) is 3.86. The van der Waals surface area contributed by atoms with Crippen molar-refractivity contribution in [2.75, 3.05) is 0 Å². The quantitative estimate of drug-likeness (QED) is 0.455. The molecule has 0 aliphatic carbocycles. The smallest absolute Gasteiger partial charge is 0.258 e. The van der Waals surface area contributed by atoms with E-state index in [2.05, 4.69) is 15.9 Å².